The minimum absolute atomic E-state index is 0.0203. The molecule has 1 atom stereocenters. The fourth-order valence-corrected chi connectivity index (χ4v) is 5.89. The summed E-state index contributed by atoms with van der Waals surface area (Å²) >= 11 is 9.51. The Morgan fingerprint density at radius 3 is 2.20 bits per heavy atom. The first-order valence-electron chi connectivity index (χ1n) is 12.5. The summed E-state index contributed by atoms with van der Waals surface area (Å²) in [5.74, 6) is -0.414. The van der Waals surface area contributed by atoms with Gasteiger partial charge in [0.05, 0.1) is 17.7 Å². The van der Waals surface area contributed by atoms with Crippen LogP contribution in [0.15, 0.2) is 82.2 Å². The number of nitrogens with zero attached hydrogens (tertiary/aromatic N) is 2. The van der Waals surface area contributed by atoms with Crippen LogP contribution < -0.4 is 14.4 Å². The molecule has 0 heterocycles. The van der Waals surface area contributed by atoms with Crippen molar-refractivity contribution in [3.05, 3.63) is 87.9 Å². The van der Waals surface area contributed by atoms with Crippen LogP contribution in [0.2, 0.25) is 5.02 Å². The number of rotatable bonds is 10. The van der Waals surface area contributed by atoms with E-state index in [4.69, 9.17) is 16.3 Å². The molecule has 40 heavy (non-hydrogen) atoms. The first-order valence-corrected chi connectivity index (χ1v) is 15.1. The topological polar surface area (TPSA) is 96.0 Å². The lowest BCUT2D eigenvalue weighted by molar-refractivity contribution is -0.140. The number of methoxy groups -OCH3 is 1. The van der Waals surface area contributed by atoms with Crippen LogP contribution in [0.5, 0.6) is 5.75 Å². The smallest absolute Gasteiger partial charge is 0.264 e. The normalized spacial score (nSPS) is 12.4. The molecular weight excluding hydrogens is 618 g/mol. The van der Waals surface area contributed by atoms with Crippen LogP contribution in [0, 0.1) is 0 Å². The maximum absolute atomic E-state index is 14.0. The van der Waals surface area contributed by atoms with Gasteiger partial charge in [0.15, 0.2) is 0 Å². The van der Waals surface area contributed by atoms with E-state index in [2.05, 4.69) is 21.2 Å². The lowest BCUT2D eigenvalue weighted by Crippen LogP contribution is -2.54. The molecule has 0 bridgehead atoms. The van der Waals surface area contributed by atoms with Crippen LogP contribution in [-0.4, -0.2) is 50.4 Å². The largest absolute Gasteiger partial charge is 0.497 e. The molecule has 0 aliphatic rings. The predicted octanol–water partition coefficient (Wildman–Crippen LogP) is 5.64. The summed E-state index contributed by atoms with van der Waals surface area (Å²) in [5.41, 5.74) is 0.500. The Labute approximate surface area is 249 Å². The molecule has 3 aromatic rings. The average Bonchev–Trinajstić information content (AvgIpc) is 2.89. The highest BCUT2D eigenvalue weighted by molar-refractivity contribution is 9.10. The van der Waals surface area contributed by atoms with E-state index in [-0.39, 0.29) is 23.0 Å². The number of halogens is 2. The predicted molar refractivity (Wildman–Crippen MR) is 161 cm³/mol. The van der Waals surface area contributed by atoms with E-state index < -0.39 is 34.1 Å². The maximum atomic E-state index is 14.0. The highest BCUT2D eigenvalue weighted by Crippen LogP contribution is 2.27. The first-order chi connectivity index (χ1) is 18.7. The zero-order valence-corrected chi connectivity index (χ0v) is 26.2. The molecule has 3 aromatic carbocycles. The van der Waals surface area contributed by atoms with Gasteiger partial charge in [-0.1, -0.05) is 39.7 Å². The SMILES string of the molecule is COc1ccc(S(=O)(=O)N(CC(=O)N(Cc2cccc(Br)c2)[C@H](C)C(=O)NC(C)(C)C)c2ccc(Cl)cc2)cc1. The van der Waals surface area contributed by atoms with Crippen molar-refractivity contribution in [2.75, 3.05) is 18.0 Å². The number of nitrogens with one attached hydrogen (secondary N) is 1. The number of amides is 2. The van der Waals surface area contributed by atoms with Gasteiger partial charge in [0.2, 0.25) is 11.8 Å². The monoisotopic (exact) mass is 649 g/mol. The third kappa shape index (κ3) is 8.22. The molecule has 0 aliphatic carbocycles. The number of carbonyl (C=O) groups is 2. The maximum Gasteiger partial charge on any atom is 0.264 e. The molecule has 0 saturated carbocycles. The Morgan fingerprint density at radius 1 is 1.02 bits per heavy atom. The number of ether oxygens (including phenoxy) is 1. The van der Waals surface area contributed by atoms with Crippen molar-refractivity contribution in [3.8, 4) is 5.75 Å². The van der Waals surface area contributed by atoms with Crippen molar-refractivity contribution < 1.29 is 22.7 Å². The van der Waals surface area contributed by atoms with Crippen molar-refractivity contribution in [2.45, 2.75) is 50.7 Å². The number of carbonyl (C=O) groups excluding carboxylic acids is 2. The van der Waals surface area contributed by atoms with Gasteiger partial charge in [-0.2, -0.15) is 0 Å². The summed E-state index contributed by atoms with van der Waals surface area (Å²) in [5, 5.41) is 3.33. The average molecular weight is 651 g/mol. The van der Waals surface area contributed by atoms with Gasteiger partial charge >= 0.3 is 0 Å². The van der Waals surface area contributed by atoms with Gasteiger partial charge in [-0.25, -0.2) is 8.42 Å². The molecule has 214 valence electrons. The quantitative estimate of drug-likeness (QED) is 0.307. The highest BCUT2D eigenvalue weighted by Gasteiger charge is 2.33. The van der Waals surface area contributed by atoms with Crippen molar-refractivity contribution in [1.82, 2.24) is 10.2 Å². The number of hydrogen-bond donors (Lipinski definition) is 1. The lowest BCUT2D eigenvalue weighted by atomic mass is 10.1. The van der Waals surface area contributed by atoms with Crippen LogP contribution in [0.4, 0.5) is 5.69 Å². The molecule has 1 N–H and O–H groups in total. The molecule has 2 amide bonds. The van der Waals surface area contributed by atoms with E-state index in [1.54, 1.807) is 19.1 Å². The molecule has 11 heteroatoms. The fraction of sp³-hybridized carbons (Fsp3) is 0.310. The van der Waals surface area contributed by atoms with Crippen molar-refractivity contribution in [2.24, 2.45) is 0 Å². The summed E-state index contributed by atoms with van der Waals surface area (Å²) in [4.78, 5) is 28.5. The molecule has 0 aromatic heterocycles. The van der Waals surface area contributed by atoms with Crippen LogP contribution in [0.3, 0.4) is 0 Å². The lowest BCUT2D eigenvalue weighted by Gasteiger charge is -2.33. The van der Waals surface area contributed by atoms with E-state index in [1.165, 1.54) is 48.4 Å². The van der Waals surface area contributed by atoms with Gasteiger partial charge in [0.1, 0.15) is 18.3 Å². The summed E-state index contributed by atoms with van der Waals surface area (Å²) < 4.78 is 34.7. The standard InChI is InChI=1S/C29H33BrClN3O5S/c1-20(28(36)32-29(2,3)4)33(18-21-7-6-8-22(30)17-21)27(35)19-34(24-11-9-23(31)10-12-24)40(37,38)26-15-13-25(39-5)14-16-26/h6-17,20H,18-19H2,1-5H3,(H,32,36)/t20-/m1/s1. The molecule has 0 spiro atoms. The van der Waals surface area contributed by atoms with E-state index in [0.717, 1.165) is 14.3 Å². The number of hydrogen-bond acceptors (Lipinski definition) is 5. The molecule has 0 saturated heterocycles. The second kappa shape index (κ2) is 13.1. The van der Waals surface area contributed by atoms with Gasteiger partial charge in [0.25, 0.3) is 10.0 Å². The molecule has 0 unspecified atom stereocenters. The fourth-order valence-electron chi connectivity index (χ4n) is 3.90. The van der Waals surface area contributed by atoms with Gasteiger partial charge in [-0.05, 0) is 93.9 Å². The number of sulfonamides is 1. The Kier molecular flexibility index (Phi) is 10.3. The third-order valence-electron chi connectivity index (χ3n) is 5.95. The molecule has 8 nitrogen and oxygen atoms in total. The zero-order valence-electron chi connectivity index (χ0n) is 23.0. The van der Waals surface area contributed by atoms with Crippen molar-refractivity contribution >= 4 is 55.1 Å². The molecule has 0 fully saturated rings. The van der Waals surface area contributed by atoms with Crippen molar-refractivity contribution in [3.63, 3.8) is 0 Å². The molecule has 0 aliphatic heterocycles. The number of anilines is 1. The van der Waals surface area contributed by atoms with E-state index in [0.29, 0.717) is 10.8 Å². The van der Waals surface area contributed by atoms with Gasteiger partial charge in [0, 0.05) is 21.6 Å². The van der Waals surface area contributed by atoms with Crippen LogP contribution in [0.1, 0.15) is 33.3 Å². The van der Waals surface area contributed by atoms with Gasteiger partial charge in [-0.3, -0.25) is 13.9 Å². The Morgan fingerprint density at radius 2 is 1.65 bits per heavy atom. The van der Waals surface area contributed by atoms with Gasteiger partial charge < -0.3 is 15.0 Å². The highest BCUT2D eigenvalue weighted by atomic mass is 79.9. The summed E-state index contributed by atoms with van der Waals surface area (Å²) in [6.45, 7) is 6.72. The molecular formula is C29H33BrClN3O5S. The Bertz CT molecular complexity index is 1440. The van der Waals surface area contributed by atoms with E-state index in [9.17, 15) is 18.0 Å². The number of benzene rings is 3. The Balaban J connectivity index is 2.03. The second-order valence-corrected chi connectivity index (χ2v) is 13.4. The third-order valence-corrected chi connectivity index (χ3v) is 8.48. The van der Waals surface area contributed by atoms with Crippen LogP contribution in [0.25, 0.3) is 0 Å². The molecule has 3 rings (SSSR count). The molecule has 0 radical (unpaired) electrons. The van der Waals surface area contributed by atoms with E-state index >= 15 is 0 Å². The van der Waals surface area contributed by atoms with E-state index in [1.807, 2.05) is 45.0 Å². The van der Waals surface area contributed by atoms with Gasteiger partial charge in [-0.15, -0.1) is 0 Å². The zero-order chi connectivity index (χ0) is 29.7. The van der Waals surface area contributed by atoms with Crippen molar-refractivity contribution in [1.29, 1.82) is 0 Å². The van der Waals surface area contributed by atoms with Crippen LogP contribution in [-0.2, 0) is 26.2 Å². The summed E-state index contributed by atoms with van der Waals surface area (Å²) in [7, 11) is -2.71. The summed E-state index contributed by atoms with van der Waals surface area (Å²) in [6.07, 6.45) is 0. The first kappa shape index (κ1) is 31.4. The Hall–Kier alpha value is -3.08. The van der Waals surface area contributed by atoms with Crippen LogP contribution >= 0.6 is 27.5 Å². The minimum Gasteiger partial charge on any atom is -0.497 e. The summed E-state index contributed by atoms with van der Waals surface area (Å²) in [6, 6.07) is 18.6. The second-order valence-electron chi connectivity index (χ2n) is 10.2. The minimum atomic E-state index is -4.20.